The molecule has 3 rings (SSSR count). The Hall–Kier alpha value is -1.51. The molecule has 1 fully saturated rings. The molecule has 23 heavy (non-hydrogen) atoms. The summed E-state index contributed by atoms with van der Waals surface area (Å²) in [5, 5.41) is 0. The number of alkyl halides is 3. The van der Waals surface area contributed by atoms with E-state index in [2.05, 4.69) is 25.2 Å². The average molecular weight is 320 g/mol. The van der Waals surface area contributed by atoms with Gasteiger partial charge in [0.2, 0.25) is 0 Å². The highest BCUT2D eigenvalue weighted by Gasteiger charge is 2.30. The van der Waals surface area contributed by atoms with Crippen molar-refractivity contribution in [3.63, 3.8) is 0 Å². The lowest BCUT2D eigenvalue weighted by atomic mass is 9.74. The maximum atomic E-state index is 12.6. The van der Waals surface area contributed by atoms with Gasteiger partial charge in [-0.25, -0.2) is 0 Å². The zero-order chi connectivity index (χ0) is 16.4. The van der Waals surface area contributed by atoms with Gasteiger partial charge in [-0.1, -0.05) is 50.1 Å². The summed E-state index contributed by atoms with van der Waals surface area (Å²) in [7, 11) is 0. The molecule has 124 valence electrons. The Morgan fingerprint density at radius 3 is 2.13 bits per heavy atom. The Morgan fingerprint density at radius 2 is 1.61 bits per heavy atom. The van der Waals surface area contributed by atoms with E-state index < -0.39 is 11.7 Å². The molecule has 0 amide bonds. The SMILES string of the molecule is CC1CCC(C2C=CC(c3ccc(C(F)(F)F)cc3)=CC2)CC1. The lowest BCUT2D eigenvalue weighted by Crippen LogP contribution is -2.20. The number of allylic oxidation sites excluding steroid dienone is 4. The average Bonchev–Trinajstić information content (AvgIpc) is 2.55. The van der Waals surface area contributed by atoms with Gasteiger partial charge in [-0.2, -0.15) is 13.2 Å². The highest BCUT2D eigenvalue weighted by atomic mass is 19.4. The van der Waals surface area contributed by atoms with E-state index in [1.54, 1.807) is 12.1 Å². The summed E-state index contributed by atoms with van der Waals surface area (Å²) >= 11 is 0. The number of halogens is 3. The monoisotopic (exact) mass is 320 g/mol. The minimum absolute atomic E-state index is 0.587. The molecule has 0 saturated heterocycles. The van der Waals surface area contributed by atoms with Crippen LogP contribution < -0.4 is 0 Å². The van der Waals surface area contributed by atoms with Gasteiger partial charge in [0.25, 0.3) is 0 Å². The molecule has 0 aliphatic heterocycles. The van der Waals surface area contributed by atoms with Crippen LogP contribution in [-0.4, -0.2) is 0 Å². The molecule has 0 bridgehead atoms. The smallest absolute Gasteiger partial charge is 0.166 e. The number of benzene rings is 1. The molecule has 1 aromatic rings. The molecule has 0 aromatic heterocycles. The Balaban J connectivity index is 1.64. The van der Waals surface area contributed by atoms with E-state index in [0.717, 1.165) is 29.4 Å². The van der Waals surface area contributed by atoms with Crippen molar-refractivity contribution >= 4 is 5.57 Å². The summed E-state index contributed by atoms with van der Waals surface area (Å²) in [6.45, 7) is 2.33. The van der Waals surface area contributed by atoms with Crippen LogP contribution in [0.15, 0.2) is 42.5 Å². The van der Waals surface area contributed by atoms with Crippen molar-refractivity contribution in [2.45, 2.75) is 45.2 Å². The van der Waals surface area contributed by atoms with Crippen molar-refractivity contribution in [3.05, 3.63) is 53.6 Å². The Labute approximate surface area is 136 Å². The first-order chi connectivity index (χ1) is 10.9. The van der Waals surface area contributed by atoms with Crippen molar-refractivity contribution < 1.29 is 13.2 Å². The van der Waals surface area contributed by atoms with Gasteiger partial charge in [0, 0.05) is 0 Å². The van der Waals surface area contributed by atoms with Gasteiger partial charge in [0.05, 0.1) is 5.56 Å². The largest absolute Gasteiger partial charge is 0.416 e. The third-order valence-electron chi connectivity index (χ3n) is 5.34. The van der Waals surface area contributed by atoms with Gasteiger partial charge in [0.15, 0.2) is 0 Å². The molecule has 3 heteroatoms. The zero-order valence-corrected chi connectivity index (χ0v) is 13.4. The first kappa shape index (κ1) is 16.4. The predicted octanol–water partition coefficient (Wildman–Crippen LogP) is 6.49. The van der Waals surface area contributed by atoms with Crippen LogP contribution in [0.5, 0.6) is 0 Å². The molecule has 0 nitrogen and oxygen atoms in total. The van der Waals surface area contributed by atoms with E-state index >= 15 is 0 Å². The highest BCUT2D eigenvalue weighted by Crippen LogP contribution is 2.38. The molecule has 0 N–H and O–H groups in total. The van der Waals surface area contributed by atoms with Gasteiger partial charge >= 0.3 is 6.18 Å². The minimum atomic E-state index is -4.27. The Bertz CT molecular complexity index is 584. The van der Waals surface area contributed by atoms with Crippen molar-refractivity contribution in [1.29, 1.82) is 0 Å². The maximum absolute atomic E-state index is 12.6. The fourth-order valence-corrected chi connectivity index (χ4v) is 3.77. The summed E-state index contributed by atoms with van der Waals surface area (Å²) in [5.74, 6) is 2.23. The number of hydrogen-bond donors (Lipinski definition) is 0. The van der Waals surface area contributed by atoms with E-state index in [9.17, 15) is 13.2 Å². The second-order valence-electron chi connectivity index (χ2n) is 7.01. The summed E-state index contributed by atoms with van der Waals surface area (Å²) in [6.07, 6.45) is 8.55. The van der Waals surface area contributed by atoms with E-state index in [4.69, 9.17) is 0 Å². The summed E-state index contributed by atoms with van der Waals surface area (Å²) in [5.41, 5.74) is 1.32. The van der Waals surface area contributed by atoms with Gasteiger partial charge in [0.1, 0.15) is 0 Å². The lowest BCUT2D eigenvalue weighted by Gasteiger charge is -2.32. The van der Waals surface area contributed by atoms with Crippen LogP contribution in [0.3, 0.4) is 0 Å². The normalized spacial score (nSPS) is 28.5. The Morgan fingerprint density at radius 1 is 0.957 bits per heavy atom. The lowest BCUT2D eigenvalue weighted by molar-refractivity contribution is -0.137. The molecule has 0 radical (unpaired) electrons. The summed E-state index contributed by atoms with van der Waals surface area (Å²) in [6, 6.07) is 5.47. The predicted molar refractivity (Wildman–Crippen MR) is 87.8 cm³/mol. The van der Waals surface area contributed by atoms with Gasteiger partial charge < -0.3 is 0 Å². The van der Waals surface area contributed by atoms with Gasteiger partial charge in [-0.3, -0.25) is 0 Å². The minimum Gasteiger partial charge on any atom is -0.166 e. The highest BCUT2D eigenvalue weighted by molar-refractivity contribution is 5.75. The molecular formula is C20H23F3. The second kappa shape index (κ2) is 6.54. The zero-order valence-electron chi connectivity index (χ0n) is 13.4. The second-order valence-corrected chi connectivity index (χ2v) is 7.01. The van der Waals surface area contributed by atoms with Gasteiger partial charge in [-0.05, 0) is 60.3 Å². The van der Waals surface area contributed by atoms with Crippen LogP contribution in [0.2, 0.25) is 0 Å². The fourth-order valence-electron chi connectivity index (χ4n) is 3.77. The first-order valence-electron chi connectivity index (χ1n) is 8.49. The Kier molecular flexibility index (Phi) is 4.65. The van der Waals surface area contributed by atoms with Crippen LogP contribution in [-0.2, 0) is 6.18 Å². The molecule has 0 heterocycles. The van der Waals surface area contributed by atoms with Crippen LogP contribution in [0.4, 0.5) is 13.2 Å². The van der Waals surface area contributed by atoms with Crippen molar-refractivity contribution in [2.75, 3.05) is 0 Å². The topological polar surface area (TPSA) is 0 Å². The third kappa shape index (κ3) is 3.88. The van der Waals surface area contributed by atoms with E-state index in [0.29, 0.717) is 5.92 Å². The number of hydrogen-bond acceptors (Lipinski definition) is 0. The third-order valence-corrected chi connectivity index (χ3v) is 5.34. The quantitative estimate of drug-likeness (QED) is 0.584. The van der Waals surface area contributed by atoms with E-state index in [1.165, 1.54) is 37.8 Å². The van der Waals surface area contributed by atoms with Crippen molar-refractivity contribution in [2.24, 2.45) is 17.8 Å². The molecule has 2 aliphatic rings. The van der Waals surface area contributed by atoms with Crippen LogP contribution in [0.25, 0.3) is 5.57 Å². The van der Waals surface area contributed by atoms with Crippen LogP contribution in [0, 0.1) is 17.8 Å². The maximum Gasteiger partial charge on any atom is 0.416 e. The van der Waals surface area contributed by atoms with E-state index in [1.807, 2.05) is 0 Å². The molecule has 0 spiro atoms. The number of rotatable bonds is 2. The fraction of sp³-hybridized carbons (Fsp3) is 0.500. The molecular weight excluding hydrogens is 297 g/mol. The summed E-state index contributed by atoms with van der Waals surface area (Å²) < 4.78 is 37.9. The molecule has 1 unspecified atom stereocenters. The molecule has 1 atom stereocenters. The van der Waals surface area contributed by atoms with Crippen molar-refractivity contribution in [1.82, 2.24) is 0 Å². The molecule has 2 aliphatic carbocycles. The first-order valence-corrected chi connectivity index (χ1v) is 8.49. The van der Waals surface area contributed by atoms with E-state index in [-0.39, 0.29) is 0 Å². The van der Waals surface area contributed by atoms with Crippen molar-refractivity contribution in [3.8, 4) is 0 Å². The molecule has 1 saturated carbocycles. The van der Waals surface area contributed by atoms with Crippen LogP contribution >= 0.6 is 0 Å². The van der Waals surface area contributed by atoms with Gasteiger partial charge in [-0.15, -0.1) is 0 Å². The standard InChI is InChI=1S/C20H23F3/c1-14-2-4-15(5-3-14)16-6-8-17(9-7-16)18-10-12-19(13-11-18)20(21,22)23/h6,8-16H,2-5,7H2,1H3. The molecule has 1 aromatic carbocycles. The summed E-state index contributed by atoms with van der Waals surface area (Å²) in [4.78, 5) is 0. The van der Waals surface area contributed by atoms with Crippen LogP contribution in [0.1, 0.15) is 50.2 Å².